The van der Waals surface area contributed by atoms with Gasteiger partial charge in [-0.1, -0.05) is 11.8 Å². The third kappa shape index (κ3) is 3.13. The van der Waals surface area contributed by atoms with E-state index in [-0.39, 0.29) is 0 Å². The number of anilines is 1. The molecule has 0 aromatic carbocycles. The molecule has 96 valence electrons. The zero-order chi connectivity index (χ0) is 12.3. The molecule has 0 spiro atoms. The summed E-state index contributed by atoms with van der Waals surface area (Å²) < 4.78 is 7.35. The Morgan fingerprint density at radius 2 is 2.12 bits per heavy atom. The molecule has 0 atom stereocenters. The Balaban J connectivity index is 1.94. The summed E-state index contributed by atoms with van der Waals surface area (Å²) >= 11 is 1.76. The summed E-state index contributed by atoms with van der Waals surface area (Å²) in [5, 5.41) is 9.02. The van der Waals surface area contributed by atoms with E-state index in [0.29, 0.717) is 12.0 Å². The Hall–Kier alpha value is -0.750. The van der Waals surface area contributed by atoms with E-state index in [1.807, 2.05) is 4.57 Å². The largest absolute Gasteiger partial charge is 0.381 e. The highest BCUT2D eigenvalue weighted by Crippen LogP contribution is 2.27. The molecule has 0 radical (unpaired) electrons. The number of thioether (sulfide) groups is 1. The van der Waals surface area contributed by atoms with E-state index >= 15 is 0 Å². The molecule has 1 aromatic rings. The van der Waals surface area contributed by atoms with Gasteiger partial charge in [0.1, 0.15) is 0 Å². The maximum absolute atomic E-state index is 5.81. The number of hydrogen-bond donors (Lipinski definition) is 1. The van der Waals surface area contributed by atoms with Crippen molar-refractivity contribution >= 4 is 17.7 Å². The van der Waals surface area contributed by atoms with Crippen molar-refractivity contribution in [3.8, 4) is 0 Å². The lowest BCUT2D eigenvalue weighted by Gasteiger charge is -2.21. The predicted octanol–water partition coefficient (Wildman–Crippen LogP) is 1.96. The molecule has 1 aliphatic heterocycles. The first-order valence-corrected chi connectivity index (χ1v) is 7.08. The Morgan fingerprint density at radius 3 is 2.76 bits per heavy atom. The Labute approximate surface area is 106 Å². The van der Waals surface area contributed by atoms with E-state index in [1.165, 1.54) is 0 Å². The maximum Gasteiger partial charge on any atom is 0.222 e. The first-order chi connectivity index (χ1) is 8.18. The van der Waals surface area contributed by atoms with Crippen LogP contribution in [0.25, 0.3) is 0 Å². The zero-order valence-corrected chi connectivity index (χ0v) is 11.2. The van der Waals surface area contributed by atoms with Crippen LogP contribution in [0.5, 0.6) is 0 Å². The molecule has 1 aliphatic rings. The zero-order valence-electron chi connectivity index (χ0n) is 10.4. The molecule has 6 heteroatoms. The van der Waals surface area contributed by atoms with Gasteiger partial charge < -0.3 is 10.5 Å². The minimum absolute atomic E-state index is 0.308. The SMILES string of the molecule is CC(C)n1c(N)nnc1SCC1CCOCC1. The fraction of sp³-hybridized carbons (Fsp3) is 0.818. The summed E-state index contributed by atoms with van der Waals surface area (Å²) in [6.07, 6.45) is 2.30. The molecule has 1 saturated heterocycles. The first kappa shape index (κ1) is 12.7. The summed E-state index contributed by atoms with van der Waals surface area (Å²) in [5.41, 5.74) is 5.81. The average molecular weight is 256 g/mol. The average Bonchev–Trinajstić information content (AvgIpc) is 2.69. The van der Waals surface area contributed by atoms with Gasteiger partial charge in [-0.15, -0.1) is 10.2 Å². The highest BCUT2D eigenvalue weighted by Gasteiger charge is 2.17. The van der Waals surface area contributed by atoms with Crippen LogP contribution in [0.2, 0.25) is 0 Å². The molecule has 0 amide bonds. The third-order valence-corrected chi connectivity index (χ3v) is 4.17. The lowest BCUT2D eigenvalue weighted by molar-refractivity contribution is 0.0727. The number of rotatable bonds is 4. The molecular weight excluding hydrogens is 236 g/mol. The van der Waals surface area contributed by atoms with Gasteiger partial charge in [-0.2, -0.15) is 0 Å². The lowest BCUT2D eigenvalue weighted by atomic mass is 10.0. The number of nitrogen functional groups attached to an aromatic ring is 1. The minimum Gasteiger partial charge on any atom is -0.381 e. The summed E-state index contributed by atoms with van der Waals surface area (Å²) in [7, 11) is 0. The normalized spacial score (nSPS) is 17.8. The minimum atomic E-state index is 0.308. The molecule has 1 aromatic heterocycles. The Kier molecular flexibility index (Phi) is 4.28. The smallest absolute Gasteiger partial charge is 0.222 e. The van der Waals surface area contributed by atoms with Crippen LogP contribution in [0.4, 0.5) is 5.95 Å². The summed E-state index contributed by atoms with van der Waals surface area (Å²) in [6.45, 7) is 5.98. The van der Waals surface area contributed by atoms with Crippen LogP contribution in [-0.4, -0.2) is 33.7 Å². The van der Waals surface area contributed by atoms with Gasteiger partial charge in [-0.05, 0) is 32.6 Å². The topological polar surface area (TPSA) is 66.0 Å². The van der Waals surface area contributed by atoms with E-state index in [0.717, 1.165) is 42.9 Å². The van der Waals surface area contributed by atoms with E-state index < -0.39 is 0 Å². The van der Waals surface area contributed by atoms with Crippen LogP contribution in [0, 0.1) is 5.92 Å². The lowest BCUT2D eigenvalue weighted by Crippen LogP contribution is -2.17. The number of hydrogen-bond acceptors (Lipinski definition) is 5. The number of aromatic nitrogens is 3. The highest BCUT2D eigenvalue weighted by atomic mass is 32.2. The summed E-state index contributed by atoms with van der Waals surface area (Å²) in [5.74, 6) is 2.32. The van der Waals surface area contributed by atoms with Crippen LogP contribution in [-0.2, 0) is 4.74 Å². The van der Waals surface area contributed by atoms with Crippen molar-refractivity contribution < 1.29 is 4.74 Å². The van der Waals surface area contributed by atoms with Gasteiger partial charge in [0.05, 0.1) is 0 Å². The molecule has 17 heavy (non-hydrogen) atoms. The molecule has 2 rings (SSSR count). The molecule has 0 saturated carbocycles. The van der Waals surface area contributed by atoms with Crippen molar-refractivity contribution in [1.82, 2.24) is 14.8 Å². The molecule has 5 nitrogen and oxygen atoms in total. The summed E-state index contributed by atoms with van der Waals surface area (Å²) in [6, 6.07) is 0.308. The Morgan fingerprint density at radius 1 is 1.41 bits per heavy atom. The van der Waals surface area contributed by atoms with Crippen molar-refractivity contribution in [2.24, 2.45) is 5.92 Å². The molecular formula is C11H20N4OS. The third-order valence-electron chi connectivity index (χ3n) is 3.00. The van der Waals surface area contributed by atoms with Crippen LogP contribution in [0.15, 0.2) is 5.16 Å². The van der Waals surface area contributed by atoms with Crippen molar-refractivity contribution in [2.75, 3.05) is 24.7 Å². The van der Waals surface area contributed by atoms with Gasteiger partial charge in [0.25, 0.3) is 0 Å². The first-order valence-electron chi connectivity index (χ1n) is 6.09. The monoisotopic (exact) mass is 256 g/mol. The van der Waals surface area contributed by atoms with Crippen LogP contribution in [0.3, 0.4) is 0 Å². The fourth-order valence-electron chi connectivity index (χ4n) is 1.98. The fourth-order valence-corrected chi connectivity index (χ4v) is 3.24. The van der Waals surface area contributed by atoms with Gasteiger partial charge in [-0.25, -0.2) is 0 Å². The van der Waals surface area contributed by atoms with E-state index in [9.17, 15) is 0 Å². The number of ether oxygens (including phenoxy) is 1. The van der Waals surface area contributed by atoms with E-state index in [1.54, 1.807) is 11.8 Å². The van der Waals surface area contributed by atoms with Crippen LogP contribution < -0.4 is 5.73 Å². The summed E-state index contributed by atoms with van der Waals surface area (Å²) in [4.78, 5) is 0. The maximum atomic E-state index is 5.81. The van der Waals surface area contributed by atoms with Gasteiger partial charge in [0, 0.05) is 25.0 Å². The predicted molar refractivity (Wildman–Crippen MR) is 69.1 cm³/mol. The van der Waals surface area contributed by atoms with Crippen molar-refractivity contribution in [3.05, 3.63) is 0 Å². The standard InChI is InChI=1S/C11H20N4OS/c1-8(2)15-10(12)13-14-11(15)17-7-9-3-5-16-6-4-9/h8-9H,3-7H2,1-2H3,(H2,12,13). The van der Waals surface area contributed by atoms with Crippen molar-refractivity contribution in [1.29, 1.82) is 0 Å². The van der Waals surface area contributed by atoms with E-state index in [2.05, 4.69) is 24.0 Å². The van der Waals surface area contributed by atoms with Gasteiger partial charge in [-0.3, -0.25) is 4.57 Å². The number of nitrogens with zero attached hydrogens (tertiary/aromatic N) is 3. The molecule has 1 fully saturated rings. The van der Waals surface area contributed by atoms with Crippen molar-refractivity contribution in [2.45, 2.75) is 37.9 Å². The van der Waals surface area contributed by atoms with Crippen molar-refractivity contribution in [3.63, 3.8) is 0 Å². The molecule has 0 aliphatic carbocycles. The van der Waals surface area contributed by atoms with Gasteiger partial charge in [0.2, 0.25) is 5.95 Å². The second-order valence-electron chi connectivity index (χ2n) is 4.67. The van der Waals surface area contributed by atoms with Gasteiger partial charge in [0.15, 0.2) is 5.16 Å². The molecule has 2 N–H and O–H groups in total. The van der Waals surface area contributed by atoms with Gasteiger partial charge >= 0.3 is 0 Å². The number of nitrogens with two attached hydrogens (primary N) is 1. The van der Waals surface area contributed by atoms with Crippen LogP contribution in [0.1, 0.15) is 32.7 Å². The van der Waals surface area contributed by atoms with Crippen LogP contribution >= 0.6 is 11.8 Å². The van der Waals surface area contributed by atoms with E-state index in [4.69, 9.17) is 10.5 Å². The second kappa shape index (κ2) is 5.73. The molecule has 2 heterocycles. The highest BCUT2D eigenvalue weighted by molar-refractivity contribution is 7.99. The second-order valence-corrected chi connectivity index (χ2v) is 5.66. The Bertz CT molecular complexity index is 360. The quantitative estimate of drug-likeness (QED) is 0.834. The molecule has 0 unspecified atom stereocenters. The molecule has 0 bridgehead atoms.